The van der Waals surface area contributed by atoms with Crippen molar-refractivity contribution in [3.8, 4) is 17.0 Å². The van der Waals surface area contributed by atoms with E-state index in [-0.39, 0.29) is 24.6 Å². The van der Waals surface area contributed by atoms with Crippen molar-refractivity contribution in [2.24, 2.45) is 7.05 Å². The summed E-state index contributed by atoms with van der Waals surface area (Å²) in [5.41, 5.74) is 2.52. The first-order valence-electron chi connectivity index (χ1n) is 8.59. The molecule has 3 rings (SSSR count). The number of amides is 1. The fourth-order valence-corrected chi connectivity index (χ4v) is 2.80. The van der Waals surface area contributed by atoms with Crippen LogP contribution < -0.4 is 15.4 Å². The average molecular weight is 386 g/mol. The molecule has 146 valence electrons. The first kappa shape index (κ1) is 19.5. The van der Waals surface area contributed by atoms with E-state index < -0.39 is 11.6 Å². The molecule has 2 aromatic carbocycles. The van der Waals surface area contributed by atoms with Crippen LogP contribution in [0.1, 0.15) is 5.56 Å². The number of nitrogens with one attached hydrogen (secondary N) is 2. The van der Waals surface area contributed by atoms with E-state index in [1.165, 1.54) is 12.1 Å². The molecular weight excluding hydrogens is 366 g/mol. The number of methoxy groups -OCH3 is 1. The maximum absolute atomic E-state index is 13.6. The van der Waals surface area contributed by atoms with E-state index in [0.717, 1.165) is 17.3 Å². The number of halogens is 2. The third-order valence-corrected chi connectivity index (χ3v) is 4.20. The summed E-state index contributed by atoms with van der Waals surface area (Å²) >= 11 is 0. The summed E-state index contributed by atoms with van der Waals surface area (Å²) in [5, 5.41) is 9.78. The quantitative estimate of drug-likeness (QED) is 0.655. The molecule has 0 atom stereocenters. The second-order valence-corrected chi connectivity index (χ2v) is 6.14. The van der Waals surface area contributed by atoms with Crippen molar-refractivity contribution in [2.75, 3.05) is 19.0 Å². The number of nitrogens with zero attached hydrogens (tertiary/aromatic N) is 2. The van der Waals surface area contributed by atoms with Gasteiger partial charge >= 0.3 is 0 Å². The van der Waals surface area contributed by atoms with Gasteiger partial charge in [-0.05, 0) is 30.3 Å². The lowest BCUT2D eigenvalue weighted by Gasteiger charge is -2.12. The van der Waals surface area contributed by atoms with Gasteiger partial charge in [0.25, 0.3) is 0 Å². The molecule has 28 heavy (non-hydrogen) atoms. The molecule has 1 amide bonds. The summed E-state index contributed by atoms with van der Waals surface area (Å²) in [6, 6.07) is 10.5. The van der Waals surface area contributed by atoms with Crippen LogP contribution in [0.4, 0.5) is 14.5 Å². The zero-order valence-corrected chi connectivity index (χ0v) is 15.5. The Balaban J connectivity index is 1.63. The van der Waals surface area contributed by atoms with Gasteiger partial charge in [0.05, 0.1) is 19.3 Å². The zero-order valence-electron chi connectivity index (χ0n) is 15.5. The van der Waals surface area contributed by atoms with Crippen molar-refractivity contribution in [3.05, 3.63) is 65.9 Å². The summed E-state index contributed by atoms with van der Waals surface area (Å²) in [5.74, 6) is -0.915. The summed E-state index contributed by atoms with van der Waals surface area (Å²) in [6.07, 6.45) is 1.68. The van der Waals surface area contributed by atoms with Crippen LogP contribution in [-0.2, 0) is 18.4 Å². The van der Waals surface area contributed by atoms with Gasteiger partial charge in [0, 0.05) is 42.7 Å². The highest BCUT2D eigenvalue weighted by molar-refractivity contribution is 5.93. The number of carbonyl (C=O) groups excluding carboxylic acids is 1. The lowest BCUT2D eigenvalue weighted by Crippen LogP contribution is -2.28. The van der Waals surface area contributed by atoms with Gasteiger partial charge in [-0.25, -0.2) is 8.78 Å². The van der Waals surface area contributed by atoms with Gasteiger partial charge in [0.15, 0.2) is 0 Å². The van der Waals surface area contributed by atoms with E-state index in [4.69, 9.17) is 4.74 Å². The topological polar surface area (TPSA) is 68.2 Å². The summed E-state index contributed by atoms with van der Waals surface area (Å²) in [4.78, 5) is 12.2. The molecular formula is C20H20F2N4O2. The molecule has 1 heterocycles. The van der Waals surface area contributed by atoms with E-state index in [9.17, 15) is 13.6 Å². The maximum Gasteiger partial charge on any atom is 0.238 e. The predicted octanol–water partition coefficient (Wildman–Crippen LogP) is 3.10. The van der Waals surface area contributed by atoms with Crippen LogP contribution in [0.3, 0.4) is 0 Å². The van der Waals surface area contributed by atoms with E-state index in [0.29, 0.717) is 11.4 Å². The van der Waals surface area contributed by atoms with Crippen LogP contribution >= 0.6 is 0 Å². The highest BCUT2D eigenvalue weighted by Crippen LogP contribution is 2.32. The molecule has 0 unspecified atom stereocenters. The first-order chi connectivity index (χ1) is 13.5. The molecule has 1 aromatic heterocycles. The Bertz CT molecular complexity index is 988. The van der Waals surface area contributed by atoms with Gasteiger partial charge in [-0.2, -0.15) is 5.10 Å². The minimum atomic E-state index is -0.649. The molecule has 0 aliphatic rings. The molecule has 8 heteroatoms. The molecule has 2 N–H and O–H groups in total. The molecule has 0 saturated heterocycles. The van der Waals surface area contributed by atoms with Crippen LogP contribution in [0.5, 0.6) is 5.75 Å². The molecule has 0 aliphatic carbocycles. The number of aromatic nitrogens is 2. The summed E-state index contributed by atoms with van der Waals surface area (Å²) < 4.78 is 33.6. The van der Waals surface area contributed by atoms with Gasteiger partial charge in [0.2, 0.25) is 5.91 Å². The summed E-state index contributed by atoms with van der Waals surface area (Å²) in [6.45, 7) is 0.0896. The largest absolute Gasteiger partial charge is 0.496 e. The Labute approximate surface area is 161 Å². The molecule has 0 bridgehead atoms. The predicted molar refractivity (Wildman–Crippen MR) is 102 cm³/mol. The van der Waals surface area contributed by atoms with Crippen molar-refractivity contribution in [2.45, 2.75) is 6.54 Å². The maximum atomic E-state index is 13.6. The van der Waals surface area contributed by atoms with Gasteiger partial charge in [0.1, 0.15) is 17.4 Å². The van der Waals surface area contributed by atoms with E-state index in [2.05, 4.69) is 15.7 Å². The van der Waals surface area contributed by atoms with Crippen molar-refractivity contribution >= 4 is 11.6 Å². The fraction of sp³-hybridized carbons (Fsp3) is 0.200. The molecule has 0 aliphatic heterocycles. The Morgan fingerprint density at radius 2 is 2.00 bits per heavy atom. The van der Waals surface area contributed by atoms with Crippen LogP contribution in [0.25, 0.3) is 11.3 Å². The highest BCUT2D eigenvalue weighted by atomic mass is 19.1. The van der Waals surface area contributed by atoms with Crippen molar-refractivity contribution in [1.82, 2.24) is 15.1 Å². The third-order valence-electron chi connectivity index (χ3n) is 4.20. The Hall–Kier alpha value is -3.26. The van der Waals surface area contributed by atoms with Gasteiger partial charge in [-0.15, -0.1) is 0 Å². The lowest BCUT2D eigenvalue weighted by molar-refractivity contribution is -0.115. The molecule has 3 aromatic rings. The average Bonchev–Trinajstić information content (AvgIpc) is 3.09. The van der Waals surface area contributed by atoms with Crippen LogP contribution in [-0.4, -0.2) is 29.3 Å². The Kier molecular flexibility index (Phi) is 6.00. The number of hydrogen-bond acceptors (Lipinski definition) is 4. The highest BCUT2D eigenvalue weighted by Gasteiger charge is 2.12. The van der Waals surface area contributed by atoms with E-state index in [1.54, 1.807) is 36.2 Å². The van der Waals surface area contributed by atoms with E-state index in [1.807, 2.05) is 13.1 Å². The molecule has 6 nitrogen and oxygen atoms in total. The summed E-state index contributed by atoms with van der Waals surface area (Å²) in [7, 11) is 3.39. The van der Waals surface area contributed by atoms with Crippen molar-refractivity contribution in [1.29, 1.82) is 0 Å². The number of ether oxygens (including phenoxy) is 1. The Morgan fingerprint density at radius 1 is 1.18 bits per heavy atom. The van der Waals surface area contributed by atoms with Gasteiger partial charge in [-0.3, -0.25) is 9.48 Å². The monoisotopic (exact) mass is 386 g/mol. The molecule has 0 spiro atoms. The number of anilines is 1. The van der Waals surface area contributed by atoms with Gasteiger partial charge in [-0.1, -0.05) is 6.07 Å². The second-order valence-electron chi connectivity index (χ2n) is 6.14. The lowest BCUT2D eigenvalue weighted by atomic mass is 10.1. The van der Waals surface area contributed by atoms with Crippen molar-refractivity contribution < 1.29 is 18.3 Å². The molecule has 0 fully saturated rings. The Morgan fingerprint density at radius 3 is 2.68 bits per heavy atom. The third kappa shape index (κ3) is 4.52. The van der Waals surface area contributed by atoms with Crippen molar-refractivity contribution in [3.63, 3.8) is 0 Å². The number of carbonyl (C=O) groups is 1. The fourth-order valence-electron chi connectivity index (χ4n) is 2.80. The molecule has 0 radical (unpaired) electrons. The smallest absolute Gasteiger partial charge is 0.238 e. The number of hydrogen-bond donors (Lipinski definition) is 2. The number of benzene rings is 2. The van der Waals surface area contributed by atoms with Crippen LogP contribution in [0.2, 0.25) is 0 Å². The van der Waals surface area contributed by atoms with E-state index >= 15 is 0 Å². The first-order valence-corrected chi connectivity index (χ1v) is 8.59. The minimum absolute atomic E-state index is 0.0239. The number of aryl methyl sites for hydroxylation is 1. The second kappa shape index (κ2) is 8.62. The van der Waals surface area contributed by atoms with Crippen LogP contribution in [0.15, 0.2) is 48.7 Å². The zero-order chi connectivity index (χ0) is 20.1. The SMILES string of the molecule is COc1ccc(NC(=O)CNCc2ccc(F)cc2F)cc1-c1ccnn1C. The van der Waals surface area contributed by atoms with Crippen LogP contribution in [0, 0.1) is 11.6 Å². The standard InChI is InChI=1S/C20H20F2N4O2/c1-26-18(7-8-24-26)16-10-15(5-6-19(16)28-2)25-20(27)12-23-11-13-3-4-14(21)9-17(13)22/h3-10,23H,11-12H2,1-2H3,(H,25,27). The number of rotatable bonds is 7. The minimum Gasteiger partial charge on any atom is -0.496 e. The molecule has 0 saturated carbocycles. The van der Waals surface area contributed by atoms with Gasteiger partial charge < -0.3 is 15.4 Å². The normalized spacial score (nSPS) is 10.7.